The molecule has 2 unspecified atom stereocenters. The van der Waals surface area contributed by atoms with Crippen molar-refractivity contribution in [2.45, 2.75) is 44.9 Å². The molecule has 0 radical (unpaired) electrons. The second-order valence-corrected chi connectivity index (χ2v) is 7.63. The van der Waals surface area contributed by atoms with Crippen molar-refractivity contribution >= 4 is 15.9 Å². The Balaban J connectivity index is 1.83. The lowest BCUT2D eigenvalue weighted by molar-refractivity contribution is 0.111. The van der Waals surface area contributed by atoms with Gasteiger partial charge in [0.1, 0.15) is 0 Å². The van der Waals surface area contributed by atoms with Crippen molar-refractivity contribution in [3.63, 3.8) is 0 Å². The predicted molar refractivity (Wildman–Crippen MR) is 84.4 cm³/mol. The zero-order valence-electron chi connectivity index (χ0n) is 11.8. The molecule has 0 bridgehead atoms. The molecule has 1 aromatic carbocycles. The highest BCUT2D eigenvalue weighted by Gasteiger charge is 2.40. The molecule has 104 valence electrons. The molecule has 0 aromatic heterocycles. The summed E-state index contributed by atoms with van der Waals surface area (Å²) < 4.78 is 1.21. The van der Waals surface area contributed by atoms with Crippen molar-refractivity contribution in [3.8, 4) is 0 Å². The zero-order chi connectivity index (χ0) is 13.3. The van der Waals surface area contributed by atoms with Gasteiger partial charge in [0.05, 0.1) is 0 Å². The quantitative estimate of drug-likeness (QED) is 0.849. The topological polar surface area (TPSA) is 12.0 Å². The molecular weight excluding hydrogens is 298 g/mol. The molecule has 3 rings (SSSR count). The highest BCUT2D eigenvalue weighted by atomic mass is 79.9. The smallest absolute Gasteiger partial charge is 0.0178 e. The van der Waals surface area contributed by atoms with E-state index in [1.54, 1.807) is 0 Å². The lowest BCUT2D eigenvalue weighted by Crippen LogP contribution is -2.43. The molecule has 2 atom stereocenters. The summed E-state index contributed by atoms with van der Waals surface area (Å²) in [5.74, 6) is 1.66. The van der Waals surface area contributed by atoms with Crippen LogP contribution in [-0.4, -0.2) is 13.1 Å². The molecule has 1 saturated carbocycles. The van der Waals surface area contributed by atoms with Gasteiger partial charge in [0.15, 0.2) is 0 Å². The maximum atomic E-state index is 3.62. The standard InChI is InChI=1S/C17H24BrN/c1-17(11-13-4-2-5-13)8-9-19-12-16(17)14-6-3-7-15(18)10-14/h3,6-7,10,13,16,19H,2,4-5,8-9,11-12H2,1H3. The minimum Gasteiger partial charge on any atom is -0.316 e. The first-order valence-electron chi connectivity index (χ1n) is 7.63. The van der Waals surface area contributed by atoms with Gasteiger partial charge >= 0.3 is 0 Å². The minimum atomic E-state index is 0.483. The Morgan fingerprint density at radius 1 is 1.37 bits per heavy atom. The molecule has 1 aliphatic carbocycles. The molecule has 0 spiro atoms. The Morgan fingerprint density at radius 2 is 2.21 bits per heavy atom. The molecule has 1 heterocycles. The van der Waals surface area contributed by atoms with E-state index in [4.69, 9.17) is 0 Å². The summed E-state index contributed by atoms with van der Waals surface area (Å²) in [7, 11) is 0. The summed E-state index contributed by atoms with van der Waals surface area (Å²) in [4.78, 5) is 0. The average molecular weight is 322 g/mol. The van der Waals surface area contributed by atoms with Crippen LogP contribution in [-0.2, 0) is 0 Å². The fraction of sp³-hybridized carbons (Fsp3) is 0.647. The van der Waals surface area contributed by atoms with Gasteiger partial charge in [-0.05, 0) is 48.4 Å². The van der Waals surface area contributed by atoms with E-state index in [0.29, 0.717) is 11.3 Å². The second-order valence-electron chi connectivity index (χ2n) is 6.72. The van der Waals surface area contributed by atoms with Crippen molar-refractivity contribution in [1.82, 2.24) is 5.32 Å². The van der Waals surface area contributed by atoms with Crippen molar-refractivity contribution in [2.24, 2.45) is 11.3 Å². The number of piperidine rings is 1. The van der Waals surface area contributed by atoms with Crippen molar-refractivity contribution in [2.75, 3.05) is 13.1 Å². The molecule has 1 N–H and O–H groups in total. The van der Waals surface area contributed by atoms with Gasteiger partial charge in [-0.3, -0.25) is 0 Å². The van der Waals surface area contributed by atoms with E-state index in [9.17, 15) is 0 Å². The molecule has 19 heavy (non-hydrogen) atoms. The molecule has 1 nitrogen and oxygen atoms in total. The van der Waals surface area contributed by atoms with Crippen molar-refractivity contribution in [3.05, 3.63) is 34.3 Å². The summed E-state index contributed by atoms with van der Waals surface area (Å²) in [5.41, 5.74) is 1.99. The lowest BCUT2D eigenvalue weighted by Gasteiger charge is -2.46. The largest absolute Gasteiger partial charge is 0.316 e. The van der Waals surface area contributed by atoms with Gasteiger partial charge in [0, 0.05) is 16.9 Å². The van der Waals surface area contributed by atoms with E-state index in [2.05, 4.69) is 52.4 Å². The van der Waals surface area contributed by atoms with Crippen molar-refractivity contribution < 1.29 is 0 Å². The number of halogens is 1. The maximum absolute atomic E-state index is 3.62. The summed E-state index contributed by atoms with van der Waals surface area (Å²) in [5, 5.41) is 3.60. The SMILES string of the molecule is CC1(CC2CCC2)CCNCC1c1cccc(Br)c1. The zero-order valence-corrected chi connectivity index (χ0v) is 13.4. The van der Waals surface area contributed by atoms with Gasteiger partial charge < -0.3 is 5.32 Å². The van der Waals surface area contributed by atoms with E-state index in [1.807, 2.05) is 0 Å². The average Bonchev–Trinajstić information content (AvgIpc) is 2.35. The van der Waals surface area contributed by atoms with Gasteiger partial charge in [0.2, 0.25) is 0 Å². The molecule has 1 saturated heterocycles. The Labute approximate surface area is 125 Å². The highest BCUT2D eigenvalue weighted by molar-refractivity contribution is 9.10. The summed E-state index contributed by atoms with van der Waals surface area (Å²) in [6, 6.07) is 8.93. The summed E-state index contributed by atoms with van der Waals surface area (Å²) >= 11 is 3.62. The lowest BCUT2D eigenvalue weighted by atomic mass is 9.62. The van der Waals surface area contributed by atoms with Crippen molar-refractivity contribution in [1.29, 1.82) is 0 Å². The minimum absolute atomic E-state index is 0.483. The number of hydrogen-bond donors (Lipinski definition) is 1. The third kappa shape index (κ3) is 2.90. The second kappa shape index (κ2) is 5.57. The van der Waals surface area contributed by atoms with Crippen LogP contribution in [0.4, 0.5) is 0 Å². The van der Waals surface area contributed by atoms with Gasteiger partial charge in [-0.15, -0.1) is 0 Å². The van der Waals surface area contributed by atoms with E-state index in [-0.39, 0.29) is 0 Å². The predicted octanol–water partition coefficient (Wildman–Crippen LogP) is 4.72. The number of benzene rings is 1. The van der Waals surface area contributed by atoms with Crippen LogP contribution in [0.3, 0.4) is 0 Å². The van der Waals surface area contributed by atoms with Crippen LogP contribution in [0.5, 0.6) is 0 Å². The van der Waals surface area contributed by atoms with Gasteiger partial charge in [0.25, 0.3) is 0 Å². The monoisotopic (exact) mass is 321 g/mol. The number of rotatable bonds is 3. The molecule has 1 aromatic rings. The Hall–Kier alpha value is -0.340. The Morgan fingerprint density at radius 3 is 2.89 bits per heavy atom. The van der Waals surface area contributed by atoms with E-state index in [0.717, 1.165) is 12.5 Å². The normalized spacial score (nSPS) is 32.0. The fourth-order valence-corrected chi connectivity index (χ4v) is 4.30. The number of hydrogen-bond acceptors (Lipinski definition) is 1. The molecule has 2 heteroatoms. The first kappa shape index (κ1) is 13.6. The van der Waals surface area contributed by atoms with Crippen LogP contribution in [0.25, 0.3) is 0 Å². The molecule has 0 amide bonds. The summed E-state index contributed by atoms with van der Waals surface area (Å²) in [6.45, 7) is 4.85. The summed E-state index contributed by atoms with van der Waals surface area (Å²) in [6.07, 6.45) is 7.13. The van der Waals surface area contributed by atoms with Gasteiger partial charge in [-0.25, -0.2) is 0 Å². The van der Waals surface area contributed by atoms with Crippen LogP contribution in [0.2, 0.25) is 0 Å². The fourth-order valence-electron chi connectivity index (χ4n) is 3.89. The number of nitrogens with one attached hydrogen (secondary N) is 1. The van der Waals surface area contributed by atoms with Gasteiger partial charge in [-0.2, -0.15) is 0 Å². The molecule has 2 aliphatic rings. The highest BCUT2D eigenvalue weighted by Crippen LogP contribution is 2.48. The molecular formula is C17H24BrN. The van der Waals surface area contributed by atoms with Crippen LogP contribution < -0.4 is 5.32 Å². The first-order valence-corrected chi connectivity index (χ1v) is 8.43. The van der Waals surface area contributed by atoms with E-state index >= 15 is 0 Å². The Kier molecular flexibility index (Phi) is 4.00. The molecule has 2 fully saturated rings. The Bertz CT molecular complexity index is 441. The van der Waals surface area contributed by atoms with E-state index in [1.165, 1.54) is 48.7 Å². The van der Waals surface area contributed by atoms with Crippen LogP contribution >= 0.6 is 15.9 Å². The van der Waals surface area contributed by atoms with Gasteiger partial charge in [-0.1, -0.05) is 54.2 Å². The van der Waals surface area contributed by atoms with Crippen LogP contribution in [0, 0.1) is 11.3 Å². The third-order valence-corrected chi connectivity index (χ3v) is 5.79. The molecule has 1 aliphatic heterocycles. The van der Waals surface area contributed by atoms with Crippen LogP contribution in [0.1, 0.15) is 50.5 Å². The van der Waals surface area contributed by atoms with E-state index < -0.39 is 0 Å². The third-order valence-electron chi connectivity index (χ3n) is 5.29. The van der Waals surface area contributed by atoms with Crippen LogP contribution in [0.15, 0.2) is 28.7 Å². The maximum Gasteiger partial charge on any atom is 0.0178 e. The first-order chi connectivity index (χ1) is 9.17.